The number of Topliss-reactive ketones (excluding diaryl/α,β-unsaturated/α-hetero) is 1. The number of anilines is 2. The topological polar surface area (TPSA) is 110 Å². The number of ketones is 1. The number of imide groups is 1. The highest BCUT2D eigenvalue weighted by Crippen LogP contribution is 2.40. The molecule has 0 bridgehead atoms. The molecule has 5 rings (SSSR count). The Labute approximate surface area is 235 Å². The number of rotatable bonds is 7. The lowest BCUT2D eigenvalue weighted by atomic mass is 9.82. The van der Waals surface area contributed by atoms with E-state index in [-0.39, 0.29) is 34.4 Å². The molecule has 1 fully saturated rings. The van der Waals surface area contributed by atoms with Crippen LogP contribution in [-0.2, 0) is 14.3 Å². The summed E-state index contributed by atoms with van der Waals surface area (Å²) in [5, 5.41) is 3.24. The zero-order chi connectivity index (χ0) is 28.4. The van der Waals surface area contributed by atoms with Crippen molar-refractivity contribution in [1.82, 2.24) is 0 Å². The minimum atomic E-state index is -0.692. The van der Waals surface area contributed by atoms with Crippen molar-refractivity contribution in [3.05, 3.63) is 106 Å². The fraction of sp³-hybridized carbons (Fsp3) is 0.194. The van der Waals surface area contributed by atoms with Gasteiger partial charge >= 0.3 is 5.97 Å². The Morgan fingerprint density at radius 3 is 2.27 bits per heavy atom. The minimum Gasteiger partial charge on any atom is -0.454 e. The van der Waals surface area contributed by atoms with E-state index in [0.29, 0.717) is 29.1 Å². The fourth-order valence-electron chi connectivity index (χ4n) is 4.96. The first-order valence-electron chi connectivity index (χ1n) is 12.7. The van der Waals surface area contributed by atoms with Crippen molar-refractivity contribution in [2.24, 2.45) is 11.8 Å². The Bertz CT molecular complexity index is 1540. The number of hydrogen-bond acceptors (Lipinski definition) is 6. The van der Waals surface area contributed by atoms with Crippen molar-refractivity contribution in [2.75, 3.05) is 16.8 Å². The predicted molar refractivity (Wildman–Crippen MR) is 149 cm³/mol. The first kappa shape index (κ1) is 27.0. The zero-order valence-corrected chi connectivity index (χ0v) is 22.3. The lowest BCUT2D eigenvalue weighted by molar-refractivity contribution is -0.122. The molecule has 0 aromatic heterocycles. The molecule has 0 spiro atoms. The van der Waals surface area contributed by atoms with E-state index in [0.717, 1.165) is 10.5 Å². The zero-order valence-electron chi connectivity index (χ0n) is 21.6. The van der Waals surface area contributed by atoms with Gasteiger partial charge in [-0.3, -0.25) is 19.2 Å². The largest absolute Gasteiger partial charge is 0.454 e. The van der Waals surface area contributed by atoms with E-state index in [1.807, 2.05) is 13.0 Å². The predicted octanol–water partition coefficient (Wildman–Crippen LogP) is 5.48. The molecule has 3 aromatic rings. The number of allylic oxidation sites excluding steroid dienone is 2. The molecule has 0 saturated carbocycles. The fourth-order valence-corrected chi connectivity index (χ4v) is 5.08. The second-order valence-corrected chi connectivity index (χ2v) is 10.2. The molecule has 3 amide bonds. The number of carbonyl (C=O) groups is 5. The summed E-state index contributed by atoms with van der Waals surface area (Å²) in [6.07, 6.45) is 3.03. The van der Waals surface area contributed by atoms with Crippen LogP contribution in [0.4, 0.5) is 11.4 Å². The molecule has 3 aromatic carbocycles. The summed E-state index contributed by atoms with van der Waals surface area (Å²) in [4.78, 5) is 65.4. The first-order chi connectivity index (χ1) is 19.2. The molecule has 8 nitrogen and oxygen atoms in total. The van der Waals surface area contributed by atoms with Gasteiger partial charge < -0.3 is 10.1 Å². The second-order valence-electron chi connectivity index (χ2n) is 9.77. The van der Waals surface area contributed by atoms with E-state index in [1.165, 1.54) is 24.3 Å². The quantitative estimate of drug-likeness (QED) is 0.179. The van der Waals surface area contributed by atoms with Crippen LogP contribution in [0.1, 0.15) is 50.8 Å². The number of nitrogens with one attached hydrogen (secondary N) is 1. The average Bonchev–Trinajstić information content (AvgIpc) is 3.20. The molecular formula is C31H25ClN2O6. The summed E-state index contributed by atoms with van der Waals surface area (Å²) in [5.74, 6) is -2.99. The molecule has 2 aliphatic rings. The number of benzene rings is 3. The molecule has 9 heteroatoms. The van der Waals surface area contributed by atoms with Crippen LogP contribution in [0.15, 0.2) is 84.4 Å². The van der Waals surface area contributed by atoms with Crippen LogP contribution in [0, 0.1) is 11.8 Å². The number of hydrogen-bond donors (Lipinski definition) is 1. The third-order valence-corrected chi connectivity index (χ3v) is 7.34. The number of esters is 1. The van der Waals surface area contributed by atoms with Crippen molar-refractivity contribution < 1.29 is 28.7 Å². The molecule has 2 atom stereocenters. The van der Waals surface area contributed by atoms with Crippen molar-refractivity contribution in [3.63, 3.8) is 0 Å². The van der Waals surface area contributed by atoms with Gasteiger partial charge in [-0.25, -0.2) is 9.69 Å². The summed E-state index contributed by atoms with van der Waals surface area (Å²) < 4.78 is 5.12. The first-order valence-corrected chi connectivity index (χ1v) is 13.1. The molecule has 202 valence electrons. The molecule has 1 N–H and O–H groups in total. The third kappa shape index (κ3) is 5.44. The molecule has 1 aliphatic carbocycles. The van der Waals surface area contributed by atoms with Gasteiger partial charge in [0, 0.05) is 16.3 Å². The van der Waals surface area contributed by atoms with E-state index in [2.05, 4.69) is 5.32 Å². The van der Waals surface area contributed by atoms with Gasteiger partial charge in [0.1, 0.15) is 0 Å². The lowest BCUT2D eigenvalue weighted by Crippen LogP contribution is -2.33. The van der Waals surface area contributed by atoms with Crippen LogP contribution in [0.3, 0.4) is 0 Å². The van der Waals surface area contributed by atoms with Crippen molar-refractivity contribution in [2.45, 2.75) is 19.8 Å². The summed E-state index contributed by atoms with van der Waals surface area (Å²) >= 11 is 5.83. The Kier molecular flexibility index (Phi) is 7.62. The van der Waals surface area contributed by atoms with Crippen LogP contribution < -0.4 is 10.2 Å². The van der Waals surface area contributed by atoms with E-state index in [1.54, 1.807) is 48.5 Å². The van der Waals surface area contributed by atoms with E-state index in [4.69, 9.17) is 16.3 Å². The number of halogens is 1. The summed E-state index contributed by atoms with van der Waals surface area (Å²) in [5.41, 5.74) is 2.46. The number of carbonyl (C=O) groups excluding carboxylic acids is 5. The van der Waals surface area contributed by atoms with Crippen LogP contribution >= 0.6 is 11.6 Å². The average molecular weight is 557 g/mol. The Morgan fingerprint density at radius 2 is 1.55 bits per heavy atom. The molecule has 40 heavy (non-hydrogen) atoms. The number of ether oxygens (including phenoxy) is 1. The lowest BCUT2D eigenvalue weighted by Gasteiger charge is -2.19. The van der Waals surface area contributed by atoms with Crippen molar-refractivity contribution in [1.29, 1.82) is 0 Å². The molecule has 0 unspecified atom stereocenters. The molecule has 1 saturated heterocycles. The van der Waals surface area contributed by atoms with Crippen LogP contribution in [0.25, 0.3) is 0 Å². The van der Waals surface area contributed by atoms with Gasteiger partial charge in [-0.2, -0.15) is 0 Å². The molecule has 1 aliphatic heterocycles. The van der Waals surface area contributed by atoms with Gasteiger partial charge in [-0.05, 0) is 80.4 Å². The monoisotopic (exact) mass is 556 g/mol. The van der Waals surface area contributed by atoms with E-state index < -0.39 is 30.3 Å². The van der Waals surface area contributed by atoms with Gasteiger partial charge in [0.25, 0.3) is 5.91 Å². The highest BCUT2D eigenvalue weighted by atomic mass is 35.5. The minimum absolute atomic E-state index is 0.178. The number of nitrogens with zero attached hydrogens (tertiary/aromatic N) is 1. The maximum Gasteiger partial charge on any atom is 0.338 e. The number of para-hydroxylation sites is 1. The van der Waals surface area contributed by atoms with Gasteiger partial charge in [0.05, 0.1) is 28.7 Å². The van der Waals surface area contributed by atoms with Gasteiger partial charge in [-0.1, -0.05) is 35.4 Å². The second kappa shape index (κ2) is 11.3. The van der Waals surface area contributed by atoms with Crippen LogP contribution in [0.2, 0.25) is 5.02 Å². The third-order valence-electron chi connectivity index (χ3n) is 7.09. The maximum atomic E-state index is 13.2. The van der Waals surface area contributed by atoms with Crippen molar-refractivity contribution in [3.8, 4) is 0 Å². The standard InChI is InChI=1S/C31H25ClN2O6/c1-18-6-15-23-25(16-18)30(38)34(29(23)37)26-5-3-2-4-24(26)28(36)33-22-13-9-20(10-14-22)31(39)40-17-27(35)19-7-11-21(32)12-8-19/h2-14,23,25H,15-17H2,1H3,(H,33,36)/t23-,25-/m0/s1. The van der Waals surface area contributed by atoms with Gasteiger partial charge in [-0.15, -0.1) is 0 Å². The Balaban J connectivity index is 1.24. The number of amides is 3. The number of fused-ring (bicyclic) bond motifs is 1. The molecule has 1 heterocycles. The summed E-state index contributed by atoms with van der Waals surface area (Å²) in [6, 6.07) is 18.7. The van der Waals surface area contributed by atoms with E-state index in [9.17, 15) is 24.0 Å². The highest BCUT2D eigenvalue weighted by molar-refractivity contribution is 6.30. The van der Waals surface area contributed by atoms with Gasteiger partial charge in [0.2, 0.25) is 11.8 Å². The maximum absolute atomic E-state index is 13.2. The SMILES string of the molecule is CC1=CC[C@@H]2C(=O)N(c3ccccc3C(=O)Nc3ccc(C(=O)OCC(=O)c4ccc(Cl)cc4)cc3)C(=O)[C@H]2C1. The Hall–Kier alpha value is -4.56. The van der Waals surface area contributed by atoms with Crippen molar-refractivity contribution >= 4 is 52.4 Å². The molecular weight excluding hydrogens is 532 g/mol. The van der Waals surface area contributed by atoms with Gasteiger partial charge in [0.15, 0.2) is 12.4 Å². The summed E-state index contributed by atoms with van der Waals surface area (Å²) in [6.45, 7) is 1.52. The van der Waals surface area contributed by atoms with Crippen LogP contribution in [-0.4, -0.2) is 36.1 Å². The van der Waals surface area contributed by atoms with E-state index >= 15 is 0 Å². The normalized spacial score (nSPS) is 18.1. The molecule has 0 radical (unpaired) electrons. The Morgan fingerprint density at radius 1 is 0.900 bits per heavy atom. The van der Waals surface area contributed by atoms with Crippen LogP contribution in [0.5, 0.6) is 0 Å². The smallest absolute Gasteiger partial charge is 0.338 e. The summed E-state index contributed by atoms with van der Waals surface area (Å²) in [7, 11) is 0. The highest BCUT2D eigenvalue weighted by Gasteiger charge is 2.49.